The summed E-state index contributed by atoms with van der Waals surface area (Å²) in [6.45, 7) is 3.26. The minimum Gasteiger partial charge on any atom is -0.492 e. The molecule has 0 fully saturated rings. The molecule has 0 bridgehead atoms. The third kappa shape index (κ3) is 4.75. The Morgan fingerprint density at radius 2 is 1.85 bits per heavy atom. The Morgan fingerprint density at radius 1 is 1.08 bits per heavy atom. The van der Waals surface area contributed by atoms with Crippen molar-refractivity contribution in [1.29, 1.82) is 0 Å². The fourth-order valence-corrected chi connectivity index (χ4v) is 2.68. The maximum Gasteiger partial charge on any atom is 0.247 e. The van der Waals surface area contributed by atoms with Crippen molar-refractivity contribution in [2.24, 2.45) is 0 Å². The molecule has 0 spiro atoms. The van der Waals surface area contributed by atoms with Crippen LogP contribution in [-0.2, 0) is 0 Å². The molecule has 5 nitrogen and oxygen atoms in total. The van der Waals surface area contributed by atoms with E-state index >= 15 is 0 Å². The average molecular weight is 392 g/mol. The van der Waals surface area contributed by atoms with Gasteiger partial charge in [0.15, 0.2) is 0 Å². The Kier molecular flexibility index (Phi) is 6.14. The summed E-state index contributed by atoms with van der Waals surface area (Å²) in [5.41, 5.74) is 0.803. The minimum absolute atomic E-state index is 0.0377. The molecule has 1 atom stereocenters. The summed E-state index contributed by atoms with van der Waals surface area (Å²) >= 11 is 11.9. The van der Waals surface area contributed by atoms with Crippen LogP contribution in [0.15, 0.2) is 52.9 Å². The number of hydrogen-bond donors (Lipinski definition) is 0. The second-order valence-electron chi connectivity index (χ2n) is 5.91. The lowest BCUT2D eigenvalue weighted by molar-refractivity contribution is 0.182. The number of ether oxygens (including phenoxy) is 1. The van der Waals surface area contributed by atoms with Crippen LogP contribution in [0.1, 0.15) is 18.9 Å². The van der Waals surface area contributed by atoms with E-state index in [0.717, 1.165) is 11.3 Å². The summed E-state index contributed by atoms with van der Waals surface area (Å²) < 4.78 is 11.5. The van der Waals surface area contributed by atoms with Crippen molar-refractivity contribution < 1.29 is 9.15 Å². The topological polar surface area (TPSA) is 51.4 Å². The normalized spacial score (nSPS) is 12.3. The van der Waals surface area contributed by atoms with Gasteiger partial charge in [-0.15, -0.1) is 10.2 Å². The van der Waals surface area contributed by atoms with Gasteiger partial charge in [0.25, 0.3) is 0 Å². The zero-order valence-electron chi connectivity index (χ0n) is 14.5. The molecule has 0 N–H and O–H groups in total. The fraction of sp³-hybridized carbons (Fsp3) is 0.263. The second-order valence-corrected chi connectivity index (χ2v) is 6.79. The van der Waals surface area contributed by atoms with Gasteiger partial charge in [0.05, 0.1) is 6.04 Å². The number of rotatable bonds is 7. The van der Waals surface area contributed by atoms with E-state index in [9.17, 15) is 0 Å². The highest BCUT2D eigenvalue weighted by molar-refractivity contribution is 6.31. The molecule has 0 unspecified atom stereocenters. The number of likely N-dealkylation sites (N-methyl/N-ethyl adjacent to an activating group) is 1. The minimum atomic E-state index is -0.0377. The van der Waals surface area contributed by atoms with Gasteiger partial charge in [0, 0.05) is 22.2 Å². The van der Waals surface area contributed by atoms with Crippen LogP contribution in [-0.4, -0.2) is 35.3 Å². The Morgan fingerprint density at radius 3 is 2.58 bits per heavy atom. The van der Waals surface area contributed by atoms with E-state index in [2.05, 4.69) is 15.1 Å². The standard InChI is InChI=1S/C19H19Cl2N3O2/c1-13(24(2)10-11-25-17-8-6-15(20)7-9-17)18-22-23-19(26-18)14-4-3-5-16(21)12-14/h3-9,12-13H,10-11H2,1-2H3/t13-/m1/s1. The summed E-state index contributed by atoms with van der Waals surface area (Å²) in [6, 6.07) is 14.6. The number of hydrogen-bond acceptors (Lipinski definition) is 5. The monoisotopic (exact) mass is 391 g/mol. The SMILES string of the molecule is C[C@H](c1nnc(-c2cccc(Cl)c2)o1)N(C)CCOc1ccc(Cl)cc1. The molecule has 7 heteroatoms. The largest absolute Gasteiger partial charge is 0.492 e. The van der Waals surface area contributed by atoms with Crippen molar-refractivity contribution in [2.75, 3.05) is 20.2 Å². The first-order chi connectivity index (χ1) is 12.5. The van der Waals surface area contributed by atoms with Gasteiger partial charge in [-0.2, -0.15) is 0 Å². The molecule has 0 aliphatic carbocycles. The summed E-state index contributed by atoms with van der Waals surface area (Å²) in [6.07, 6.45) is 0. The first-order valence-corrected chi connectivity index (χ1v) is 8.96. The van der Waals surface area contributed by atoms with Crippen LogP contribution in [0.4, 0.5) is 0 Å². The van der Waals surface area contributed by atoms with E-state index in [1.165, 1.54) is 0 Å². The van der Waals surface area contributed by atoms with E-state index in [0.29, 0.717) is 35.0 Å². The Bertz CT molecular complexity index is 852. The number of nitrogens with zero attached hydrogens (tertiary/aromatic N) is 3. The molecule has 0 aliphatic rings. The molecule has 2 aromatic carbocycles. The molecule has 3 rings (SSSR count). The molecule has 0 amide bonds. The molecular formula is C19H19Cl2N3O2. The van der Waals surface area contributed by atoms with Gasteiger partial charge >= 0.3 is 0 Å². The number of halogens is 2. The molecule has 0 aliphatic heterocycles. The van der Waals surface area contributed by atoms with Crippen LogP contribution in [0, 0.1) is 0 Å². The van der Waals surface area contributed by atoms with Gasteiger partial charge in [-0.3, -0.25) is 4.90 Å². The van der Waals surface area contributed by atoms with Gasteiger partial charge in [-0.05, 0) is 56.4 Å². The van der Waals surface area contributed by atoms with E-state index in [4.69, 9.17) is 32.4 Å². The third-order valence-corrected chi connectivity index (χ3v) is 4.54. The van der Waals surface area contributed by atoms with Crippen LogP contribution < -0.4 is 4.74 Å². The van der Waals surface area contributed by atoms with Crippen molar-refractivity contribution >= 4 is 23.2 Å². The Labute approximate surface area is 162 Å². The van der Waals surface area contributed by atoms with Crippen LogP contribution in [0.5, 0.6) is 5.75 Å². The lowest BCUT2D eigenvalue weighted by atomic mass is 10.2. The summed E-state index contributed by atoms with van der Waals surface area (Å²) in [4.78, 5) is 2.09. The van der Waals surface area contributed by atoms with Gasteiger partial charge in [-0.25, -0.2) is 0 Å². The first-order valence-electron chi connectivity index (χ1n) is 8.21. The maximum absolute atomic E-state index is 6.01. The second kappa shape index (κ2) is 8.54. The highest BCUT2D eigenvalue weighted by Gasteiger charge is 2.19. The fourth-order valence-electron chi connectivity index (χ4n) is 2.36. The summed E-state index contributed by atoms with van der Waals surface area (Å²) in [5.74, 6) is 1.80. The molecular weight excluding hydrogens is 373 g/mol. The molecule has 0 saturated heterocycles. The van der Waals surface area contributed by atoms with Crippen LogP contribution in [0.2, 0.25) is 10.0 Å². The smallest absolute Gasteiger partial charge is 0.247 e. The third-order valence-electron chi connectivity index (χ3n) is 4.06. The molecule has 3 aromatic rings. The molecule has 0 saturated carbocycles. The van der Waals surface area contributed by atoms with Crippen molar-refractivity contribution in [3.63, 3.8) is 0 Å². The van der Waals surface area contributed by atoms with Crippen molar-refractivity contribution in [3.05, 3.63) is 64.5 Å². The van der Waals surface area contributed by atoms with Crippen molar-refractivity contribution in [3.8, 4) is 17.2 Å². The molecule has 0 radical (unpaired) electrons. The zero-order chi connectivity index (χ0) is 18.5. The van der Waals surface area contributed by atoms with Crippen LogP contribution in [0.25, 0.3) is 11.5 Å². The quantitative estimate of drug-likeness (QED) is 0.559. The van der Waals surface area contributed by atoms with E-state index < -0.39 is 0 Å². The van der Waals surface area contributed by atoms with Crippen molar-refractivity contribution in [1.82, 2.24) is 15.1 Å². The van der Waals surface area contributed by atoms with Gasteiger partial charge in [0.2, 0.25) is 11.8 Å². The Balaban J connectivity index is 1.56. The van der Waals surface area contributed by atoms with E-state index in [-0.39, 0.29) is 6.04 Å². The highest BCUT2D eigenvalue weighted by Crippen LogP contribution is 2.25. The van der Waals surface area contributed by atoms with Crippen LogP contribution in [0.3, 0.4) is 0 Å². The van der Waals surface area contributed by atoms with Gasteiger partial charge in [-0.1, -0.05) is 29.3 Å². The predicted octanol–water partition coefficient (Wildman–Crippen LogP) is 5.12. The summed E-state index contributed by atoms with van der Waals surface area (Å²) in [7, 11) is 1.99. The Hall–Kier alpha value is -2.08. The van der Waals surface area contributed by atoms with Crippen LogP contribution >= 0.6 is 23.2 Å². The lowest BCUT2D eigenvalue weighted by Crippen LogP contribution is -2.27. The van der Waals surface area contributed by atoms with Gasteiger partial charge in [0.1, 0.15) is 12.4 Å². The first kappa shape index (κ1) is 18.7. The maximum atomic E-state index is 6.01. The van der Waals surface area contributed by atoms with Crippen molar-refractivity contribution in [2.45, 2.75) is 13.0 Å². The molecule has 1 aromatic heterocycles. The van der Waals surface area contributed by atoms with E-state index in [1.807, 2.05) is 38.2 Å². The lowest BCUT2D eigenvalue weighted by Gasteiger charge is -2.21. The highest BCUT2D eigenvalue weighted by atomic mass is 35.5. The zero-order valence-corrected chi connectivity index (χ0v) is 16.0. The van der Waals surface area contributed by atoms with Gasteiger partial charge < -0.3 is 9.15 Å². The molecule has 1 heterocycles. The van der Waals surface area contributed by atoms with E-state index in [1.54, 1.807) is 24.3 Å². The summed E-state index contributed by atoms with van der Waals surface area (Å²) in [5, 5.41) is 9.60. The average Bonchev–Trinajstić information content (AvgIpc) is 3.13. The predicted molar refractivity (Wildman–Crippen MR) is 103 cm³/mol. The number of aromatic nitrogens is 2. The number of benzene rings is 2. The molecule has 136 valence electrons. The molecule has 26 heavy (non-hydrogen) atoms.